The van der Waals surface area contributed by atoms with E-state index in [2.05, 4.69) is 17.9 Å². The highest BCUT2D eigenvalue weighted by Gasteiger charge is 2.16. The second kappa shape index (κ2) is 4.20. The Kier molecular flexibility index (Phi) is 2.94. The van der Waals surface area contributed by atoms with Crippen molar-refractivity contribution in [2.45, 2.75) is 13.0 Å². The van der Waals surface area contributed by atoms with Crippen LogP contribution in [-0.2, 0) is 4.74 Å². The quantitative estimate of drug-likeness (QED) is 0.708. The fourth-order valence-corrected chi connectivity index (χ4v) is 1.91. The molecule has 1 aromatic carbocycles. The van der Waals surface area contributed by atoms with E-state index in [0.717, 1.165) is 24.7 Å². The van der Waals surface area contributed by atoms with Gasteiger partial charge in [-0.2, -0.15) is 0 Å². The second-order valence-electron chi connectivity index (χ2n) is 3.61. The SMILES string of the molecule is C[C@@H]1CN(c2cccc(Cl)c2)CCO1. The Hall–Kier alpha value is -0.730. The van der Waals surface area contributed by atoms with Gasteiger partial charge in [-0.05, 0) is 25.1 Å². The van der Waals surface area contributed by atoms with Crippen molar-refractivity contribution >= 4 is 17.3 Å². The van der Waals surface area contributed by atoms with Gasteiger partial charge in [0.05, 0.1) is 12.7 Å². The number of morpholine rings is 1. The van der Waals surface area contributed by atoms with Crippen molar-refractivity contribution in [2.24, 2.45) is 0 Å². The molecule has 2 nitrogen and oxygen atoms in total. The number of ether oxygens (including phenoxy) is 1. The lowest BCUT2D eigenvalue weighted by atomic mass is 10.2. The molecular weight excluding hydrogens is 198 g/mol. The van der Waals surface area contributed by atoms with Gasteiger partial charge < -0.3 is 9.64 Å². The van der Waals surface area contributed by atoms with Gasteiger partial charge in [-0.25, -0.2) is 0 Å². The maximum atomic E-state index is 5.94. The molecule has 1 aliphatic rings. The minimum Gasteiger partial charge on any atom is -0.375 e. The Morgan fingerprint density at radius 1 is 1.50 bits per heavy atom. The molecule has 1 fully saturated rings. The van der Waals surface area contributed by atoms with Crippen molar-refractivity contribution < 1.29 is 4.74 Å². The average molecular weight is 212 g/mol. The monoisotopic (exact) mass is 211 g/mol. The highest BCUT2D eigenvalue weighted by atomic mass is 35.5. The molecule has 0 aliphatic carbocycles. The van der Waals surface area contributed by atoms with Crippen molar-refractivity contribution in [3.05, 3.63) is 29.3 Å². The van der Waals surface area contributed by atoms with Crippen LogP contribution in [0, 0.1) is 0 Å². The minimum atomic E-state index is 0.308. The molecule has 0 amide bonds. The van der Waals surface area contributed by atoms with Gasteiger partial charge in [0, 0.05) is 23.8 Å². The number of benzene rings is 1. The van der Waals surface area contributed by atoms with Crippen molar-refractivity contribution in [1.29, 1.82) is 0 Å². The molecule has 0 aromatic heterocycles. The number of hydrogen-bond donors (Lipinski definition) is 0. The van der Waals surface area contributed by atoms with Gasteiger partial charge in [0.1, 0.15) is 0 Å². The van der Waals surface area contributed by atoms with Crippen LogP contribution >= 0.6 is 11.6 Å². The lowest BCUT2D eigenvalue weighted by Gasteiger charge is -2.32. The van der Waals surface area contributed by atoms with E-state index in [-0.39, 0.29) is 0 Å². The maximum Gasteiger partial charge on any atom is 0.0722 e. The number of rotatable bonds is 1. The predicted octanol–water partition coefficient (Wildman–Crippen LogP) is 2.57. The van der Waals surface area contributed by atoms with Crippen LogP contribution in [0.4, 0.5) is 5.69 Å². The van der Waals surface area contributed by atoms with E-state index in [1.807, 2.05) is 18.2 Å². The molecule has 76 valence electrons. The zero-order valence-electron chi connectivity index (χ0n) is 8.24. The van der Waals surface area contributed by atoms with E-state index >= 15 is 0 Å². The first kappa shape index (κ1) is 9.81. The lowest BCUT2D eigenvalue weighted by Crippen LogP contribution is -2.41. The number of halogens is 1. The highest BCUT2D eigenvalue weighted by Crippen LogP contribution is 2.21. The Labute approximate surface area is 89.4 Å². The Morgan fingerprint density at radius 3 is 3.07 bits per heavy atom. The summed E-state index contributed by atoms with van der Waals surface area (Å²) in [7, 11) is 0. The van der Waals surface area contributed by atoms with Crippen molar-refractivity contribution in [3.8, 4) is 0 Å². The second-order valence-corrected chi connectivity index (χ2v) is 4.04. The molecule has 0 bridgehead atoms. The van der Waals surface area contributed by atoms with E-state index < -0.39 is 0 Å². The third-order valence-electron chi connectivity index (χ3n) is 2.41. The first-order valence-corrected chi connectivity index (χ1v) is 5.25. The van der Waals surface area contributed by atoms with Crippen LogP contribution in [-0.4, -0.2) is 25.8 Å². The Balaban J connectivity index is 2.14. The molecule has 3 heteroatoms. The first-order valence-electron chi connectivity index (χ1n) is 4.88. The van der Waals surface area contributed by atoms with Crippen LogP contribution in [0.15, 0.2) is 24.3 Å². The third kappa shape index (κ3) is 2.20. The number of anilines is 1. The predicted molar refractivity (Wildman–Crippen MR) is 59.1 cm³/mol. The summed E-state index contributed by atoms with van der Waals surface area (Å²) in [5.74, 6) is 0. The molecule has 1 saturated heterocycles. The van der Waals surface area contributed by atoms with E-state index in [9.17, 15) is 0 Å². The summed E-state index contributed by atoms with van der Waals surface area (Å²) in [5.41, 5.74) is 1.19. The molecule has 0 radical (unpaired) electrons. The molecule has 0 unspecified atom stereocenters. The molecular formula is C11H14ClNO. The molecule has 1 aromatic rings. The van der Waals surface area contributed by atoms with Gasteiger partial charge in [0.15, 0.2) is 0 Å². The summed E-state index contributed by atoms with van der Waals surface area (Å²) in [5, 5.41) is 0.793. The molecule has 0 spiro atoms. The maximum absolute atomic E-state index is 5.94. The Bertz CT molecular complexity index is 316. The first-order chi connectivity index (χ1) is 6.75. The summed E-state index contributed by atoms with van der Waals surface area (Å²) in [4.78, 5) is 2.31. The normalized spacial score (nSPS) is 22.4. The van der Waals surface area contributed by atoms with E-state index in [4.69, 9.17) is 16.3 Å². The summed E-state index contributed by atoms with van der Waals surface area (Å²) < 4.78 is 5.49. The van der Waals surface area contributed by atoms with Gasteiger partial charge >= 0.3 is 0 Å². The third-order valence-corrected chi connectivity index (χ3v) is 2.65. The molecule has 0 saturated carbocycles. The fourth-order valence-electron chi connectivity index (χ4n) is 1.73. The van der Waals surface area contributed by atoms with Gasteiger partial charge in [-0.15, -0.1) is 0 Å². The molecule has 1 atom stereocenters. The Morgan fingerprint density at radius 2 is 2.36 bits per heavy atom. The average Bonchev–Trinajstić information content (AvgIpc) is 2.18. The van der Waals surface area contributed by atoms with Crippen molar-refractivity contribution in [1.82, 2.24) is 0 Å². The van der Waals surface area contributed by atoms with Crippen LogP contribution in [0.25, 0.3) is 0 Å². The molecule has 2 rings (SSSR count). The van der Waals surface area contributed by atoms with Gasteiger partial charge in [0.2, 0.25) is 0 Å². The summed E-state index contributed by atoms with van der Waals surface area (Å²) in [6, 6.07) is 7.97. The molecule has 1 aliphatic heterocycles. The molecule has 1 heterocycles. The fraction of sp³-hybridized carbons (Fsp3) is 0.455. The summed E-state index contributed by atoms with van der Waals surface area (Å²) >= 11 is 5.94. The number of hydrogen-bond acceptors (Lipinski definition) is 2. The molecule has 14 heavy (non-hydrogen) atoms. The smallest absolute Gasteiger partial charge is 0.0722 e. The van der Waals surface area contributed by atoms with Gasteiger partial charge in [-0.3, -0.25) is 0 Å². The van der Waals surface area contributed by atoms with E-state index in [1.54, 1.807) is 0 Å². The summed E-state index contributed by atoms with van der Waals surface area (Å²) in [6.07, 6.45) is 0.308. The van der Waals surface area contributed by atoms with Crippen LogP contribution in [0.5, 0.6) is 0 Å². The summed E-state index contributed by atoms with van der Waals surface area (Å²) in [6.45, 7) is 4.79. The van der Waals surface area contributed by atoms with Crippen molar-refractivity contribution in [3.63, 3.8) is 0 Å². The van der Waals surface area contributed by atoms with Crippen LogP contribution in [0.1, 0.15) is 6.92 Å². The van der Waals surface area contributed by atoms with Crippen LogP contribution in [0.2, 0.25) is 5.02 Å². The lowest BCUT2D eigenvalue weighted by molar-refractivity contribution is 0.0532. The van der Waals surface area contributed by atoms with Gasteiger partial charge in [0.25, 0.3) is 0 Å². The van der Waals surface area contributed by atoms with Crippen molar-refractivity contribution in [2.75, 3.05) is 24.6 Å². The van der Waals surface area contributed by atoms with E-state index in [0.29, 0.717) is 6.10 Å². The minimum absolute atomic E-state index is 0.308. The number of nitrogens with zero attached hydrogens (tertiary/aromatic N) is 1. The molecule has 0 N–H and O–H groups in total. The highest BCUT2D eigenvalue weighted by molar-refractivity contribution is 6.30. The van der Waals surface area contributed by atoms with Gasteiger partial charge in [-0.1, -0.05) is 17.7 Å². The van der Waals surface area contributed by atoms with E-state index in [1.165, 1.54) is 5.69 Å². The topological polar surface area (TPSA) is 12.5 Å². The zero-order valence-corrected chi connectivity index (χ0v) is 9.00. The van der Waals surface area contributed by atoms with Crippen LogP contribution in [0.3, 0.4) is 0 Å². The standard InChI is InChI=1S/C11H14ClNO/c1-9-8-13(5-6-14-9)11-4-2-3-10(12)7-11/h2-4,7,9H,5-6,8H2,1H3/t9-/m1/s1. The van der Waals surface area contributed by atoms with Crippen LogP contribution < -0.4 is 4.90 Å². The largest absolute Gasteiger partial charge is 0.375 e. The zero-order chi connectivity index (χ0) is 9.97.